The van der Waals surface area contributed by atoms with Crippen molar-refractivity contribution in [1.82, 2.24) is 9.62 Å². The zero-order valence-corrected chi connectivity index (χ0v) is 19.3. The SMILES string of the molecule is Cc1cc(C)c([C@@H](C)NC(=O)c2cccc(S(=O)(=O)N3CCC(C)CC3)c2)cc1C. The first-order chi connectivity index (χ1) is 14.1. The number of benzene rings is 2. The summed E-state index contributed by atoms with van der Waals surface area (Å²) < 4.78 is 27.6. The van der Waals surface area contributed by atoms with Crippen LogP contribution in [0.15, 0.2) is 41.3 Å². The van der Waals surface area contributed by atoms with Crippen LogP contribution in [-0.2, 0) is 10.0 Å². The summed E-state index contributed by atoms with van der Waals surface area (Å²) in [5.41, 5.74) is 4.95. The highest BCUT2D eigenvalue weighted by Crippen LogP contribution is 2.25. The quantitative estimate of drug-likeness (QED) is 0.761. The zero-order valence-electron chi connectivity index (χ0n) is 18.5. The van der Waals surface area contributed by atoms with Gasteiger partial charge in [0.1, 0.15) is 0 Å². The highest BCUT2D eigenvalue weighted by atomic mass is 32.2. The highest BCUT2D eigenvalue weighted by Gasteiger charge is 2.28. The van der Waals surface area contributed by atoms with Gasteiger partial charge in [-0.05, 0) is 86.9 Å². The fourth-order valence-electron chi connectivity index (χ4n) is 3.98. The molecule has 1 N–H and O–H groups in total. The second kappa shape index (κ2) is 8.90. The van der Waals surface area contributed by atoms with Crippen molar-refractivity contribution in [3.63, 3.8) is 0 Å². The number of nitrogens with zero attached hydrogens (tertiary/aromatic N) is 1. The summed E-state index contributed by atoms with van der Waals surface area (Å²) in [6, 6.07) is 10.4. The lowest BCUT2D eigenvalue weighted by molar-refractivity contribution is 0.0939. The van der Waals surface area contributed by atoms with Crippen LogP contribution in [0, 0.1) is 26.7 Å². The average Bonchev–Trinajstić information content (AvgIpc) is 2.71. The number of carbonyl (C=O) groups excluding carboxylic acids is 1. The molecule has 0 spiro atoms. The number of aryl methyl sites for hydroxylation is 3. The van der Waals surface area contributed by atoms with Crippen molar-refractivity contribution < 1.29 is 13.2 Å². The molecular weight excluding hydrogens is 396 g/mol. The van der Waals surface area contributed by atoms with Crippen LogP contribution >= 0.6 is 0 Å². The maximum absolute atomic E-state index is 13.0. The van der Waals surface area contributed by atoms with Gasteiger partial charge in [-0.1, -0.05) is 25.1 Å². The first kappa shape index (κ1) is 22.5. The Kier molecular flexibility index (Phi) is 6.68. The van der Waals surface area contributed by atoms with Crippen LogP contribution in [0.3, 0.4) is 0 Å². The van der Waals surface area contributed by atoms with Gasteiger partial charge in [0.25, 0.3) is 5.91 Å². The number of hydrogen-bond donors (Lipinski definition) is 1. The lowest BCUT2D eigenvalue weighted by Crippen LogP contribution is -2.38. The Morgan fingerprint density at radius 3 is 2.33 bits per heavy atom. The van der Waals surface area contributed by atoms with E-state index in [1.807, 2.05) is 13.8 Å². The van der Waals surface area contributed by atoms with Crippen LogP contribution in [0.25, 0.3) is 0 Å². The van der Waals surface area contributed by atoms with Crippen molar-refractivity contribution in [2.24, 2.45) is 5.92 Å². The lowest BCUT2D eigenvalue weighted by atomic mass is 9.96. The number of amides is 1. The molecule has 2 aromatic rings. The predicted molar refractivity (Wildman–Crippen MR) is 120 cm³/mol. The number of piperidine rings is 1. The van der Waals surface area contributed by atoms with E-state index in [1.54, 1.807) is 18.2 Å². The van der Waals surface area contributed by atoms with E-state index in [9.17, 15) is 13.2 Å². The molecule has 162 valence electrons. The number of carbonyl (C=O) groups is 1. The Morgan fingerprint density at radius 2 is 1.67 bits per heavy atom. The number of sulfonamides is 1. The summed E-state index contributed by atoms with van der Waals surface area (Å²) >= 11 is 0. The van der Waals surface area contributed by atoms with Crippen molar-refractivity contribution in [3.8, 4) is 0 Å². The van der Waals surface area contributed by atoms with Crippen LogP contribution in [-0.4, -0.2) is 31.7 Å². The van der Waals surface area contributed by atoms with E-state index in [1.165, 1.54) is 21.5 Å². The van der Waals surface area contributed by atoms with Gasteiger partial charge in [0.05, 0.1) is 10.9 Å². The molecule has 3 rings (SSSR count). The zero-order chi connectivity index (χ0) is 22.1. The summed E-state index contributed by atoms with van der Waals surface area (Å²) in [7, 11) is -3.59. The molecule has 1 heterocycles. The van der Waals surface area contributed by atoms with E-state index in [0.717, 1.165) is 24.0 Å². The Balaban J connectivity index is 1.78. The third-order valence-electron chi connectivity index (χ3n) is 6.17. The van der Waals surface area contributed by atoms with Gasteiger partial charge in [-0.2, -0.15) is 4.31 Å². The van der Waals surface area contributed by atoms with Gasteiger partial charge in [0.2, 0.25) is 10.0 Å². The van der Waals surface area contributed by atoms with Crippen molar-refractivity contribution in [3.05, 3.63) is 64.2 Å². The first-order valence-corrected chi connectivity index (χ1v) is 12.0. The molecule has 1 atom stereocenters. The Labute approximate surface area is 180 Å². The largest absolute Gasteiger partial charge is 0.346 e. The fourth-order valence-corrected chi connectivity index (χ4v) is 5.50. The monoisotopic (exact) mass is 428 g/mol. The van der Waals surface area contributed by atoms with Crippen LogP contribution in [0.1, 0.15) is 65.3 Å². The second-order valence-electron chi connectivity index (χ2n) is 8.60. The topological polar surface area (TPSA) is 66.5 Å². The van der Waals surface area contributed by atoms with Gasteiger partial charge in [0.15, 0.2) is 0 Å². The molecule has 6 heteroatoms. The van der Waals surface area contributed by atoms with E-state index in [4.69, 9.17) is 0 Å². The Hall–Kier alpha value is -2.18. The van der Waals surface area contributed by atoms with Gasteiger partial charge in [-0.25, -0.2) is 8.42 Å². The number of hydrogen-bond acceptors (Lipinski definition) is 3. The maximum Gasteiger partial charge on any atom is 0.251 e. The van der Waals surface area contributed by atoms with E-state index in [2.05, 4.69) is 38.2 Å². The minimum Gasteiger partial charge on any atom is -0.346 e. The van der Waals surface area contributed by atoms with E-state index >= 15 is 0 Å². The van der Waals surface area contributed by atoms with E-state index in [0.29, 0.717) is 24.6 Å². The molecule has 0 saturated carbocycles. The molecule has 0 bridgehead atoms. The summed E-state index contributed by atoms with van der Waals surface area (Å²) in [5.74, 6) is 0.272. The maximum atomic E-state index is 13.0. The number of nitrogens with one attached hydrogen (secondary N) is 1. The molecule has 1 aliphatic rings. The molecule has 0 aliphatic carbocycles. The number of rotatable bonds is 5. The molecule has 2 aromatic carbocycles. The predicted octanol–water partition coefficient (Wildman–Crippen LogP) is 4.52. The highest BCUT2D eigenvalue weighted by molar-refractivity contribution is 7.89. The smallest absolute Gasteiger partial charge is 0.251 e. The summed E-state index contributed by atoms with van der Waals surface area (Å²) in [5, 5.41) is 3.02. The molecule has 0 unspecified atom stereocenters. The molecule has 30 heavy (non-hydrogen) atoms. The minimum atomic E-state index is -3.59. The standard InChI is InChI=1S/C24H32N2O3S/c1-16-9-11-26(12-10-16)30(28,29)22-8-6-7-21(15-22)24(27)25-20(5)23-14-18(3)17(2)13-19(23)4/h6-8,13-16,20H,9-12H2,1-5H3,(H,25,27)/t20-/m1/s1. The third kappa shape index (κ3) is 4.76. The van der Waals surface area contributed by atoms with Gasteiger partial charge in [-0.3, -0.25) is 4.79 Å². The van der Waals surface area contributed by atoms with Crippen molar-refractivity contribution in [2.45, 2.75) is 58.4 Å². The average molecular weight is 429 g/mol. The Morgan fingerprint density at radius 1 is 1.03 bits per heavy atom. The summed E-state index contributed by atoms with van der Waals surface area (Å²) in [6.07, 6.45) is 1.73. The van der Waals surface area contributed by atoms with E-state index in [-0.39, 0.29) is 16.8 Å². The van der Waals surface area contributed by atoms with Gasteiger partial charge in [0, 0.05) is 18.7 Å². The van der Waals surface area contributed by atoms with Crippen molar-refractivity contribution >= 4 is 15.9 Å². The van der Waals surface area contributed by atoms with Crippen LogP contribution < -0.4 is 5.32 Å². The van der Waals surface area contributed by atoms with Crippen molar-refractivity contribution in [1.29, 1.82) is 0 Å². The van der Waals surface area contributed by atoms with Gasteiger partial charge >= 0.3 is 0 Å². The molecule has 1 fully saturated rings. The van der Waals surface area contributed by atoms with E-state index < -0.39 is 10.0 Å². The fraction of sp³-hybridized carbons (Fsp3) is 0.458. The molecule has 1 aliphatic heterocycles. The minimum absolute atomic E-state index is 0.180. The molecule has 0 aromatic heterocycles. The van der Waals surface area contributed by atoms with Gasteiger partial charge in [-0.15, -0.1) is 0 Å². The molecular formula is C24H32N2O3S. The van der Waals surface area contributed by atoms with Crippen molar-refractivity contribution in [2.75, 3.05) is 13.1 Å². The third-order valence-corrected chi connectivity index (χ3v) is 8.07. The second-order valence-corrected chi connectivity index (χ2v) is 10.5. The van der Waals surface area contributed by atoms with Gasteiger partial charge < -0.3 is 5.32 Å². The molecule has 0 radical (unpaired) electrons. The lowest BCUT2D eigenvalue weighted by Gasteiger charge is -2.29. The normalized spacial score (nSPS) is 17.0. The summed E-state index contributed by atoms with van der Waals surface area (Å²) in [4.78, 5) is 13.1. The molecule has 1 amide bonds. The van der Waals surface area contributed by atoms with Crippen LogP contribution in [0.2, 0.25) is 0 Å². The Bertz CT molecular complexity index is 1040. The summed E-state index contributed by atoms with van der Waals surface area (Å²) in [6.45, 7) is 11.3. The van der Waals surface area contributed by atoms with Crippen LogP contribution in [0.5, 0.6) is 0 Å². The first-order valence-electron chi connectivity index (χ1n) is 10.6. The molecule has 5 nitrogen and oxygen atoms in total. The molecule has 1 saturated heterocycles. The van der Waals surface area contributed by atoms with Crippen LogP contribution in [0.4, 0.5) is 0 Å².